The smallest absolute Gasteiger partial charge is 0.404 e. The first-order valence-electron chi connectivity index (χ1n) is 5.02. The van der Waals surface area contributed by atoms with Gasteiger partial charge in [-0.1, -0.05) is 6.92 Å². The topological polar surface area (TPSA) is 93.4 Å². The highest BCUT2D eigenvalue weighted by molar-refractivity contribution is 5.78. The predicted octanol–water partition coefficient (Wildman–Crippen LogP) is -0.947. The molecule has 1 fully saturated rings. The van der Waals surface area contributed by atoms with Gasteiger partial charge in [0.25, 0.3) is 0 Å². The van der Waals surface area contributed by atoms with Gasteiger partial charge in [0.15, 0.2) is 0 Å². The fourth-order valence-corrected chi connectivity index (χ4v) is 1.37. The highest BCUT2D eigenvalue weighted by atomic mass is 16.5. The van der Waals surface area contributed by atoms with Crippen LogP contribution >= 0.6 is 0 Å². The minimum atomic E-state index is -0.819. The maximum absolute atomic E-state index is 11.5. The number of hydrogen-bond acceptors (Lipinski definition) is 4. The van der Waals surface area contributed by atoms with Gasteiger partial charge in [-0.05, 0) is 19.0 Å². The molecule has 2 amide bonds. The van der Waals surface area contributed by atoms with Gasteiger partial charge in [-0.3, -0.25) is 4.79 Å². The van der Waals surface area contributed by atoms with Crippen molar-refractivity contribution in [3.63, 3.8) is 0 Å². The molecule has 6 heteroatoms. The summed E-state index contributed by atoms with van der Waals surface area (Å²) in [5.41, 5.74) is 4.77. The van der Waals surface area contributed by atoms with Gasteiger partial charge >= 0.3 is 6.09 Å². The second-order valence-electron chi connectivity index (χ2n) is 3.67. The lowest BCUT2D eigenvalue weighted by Gasteiger charge is -2.31. The van der Waals surface area contributed by atoms with E-state index in [0.717, 1.165) is 13.1 Å². The van der Waals surface area contributed by atoms with Crippen LogP contribution in [0.4, 0.5) is 4.79 Å². The summed E-state index contributed by atoms with van der Waals surface area (Å²) in [4.78, 5) is 21.7. The molecule has 0 spiro atoms. The SMILES string of the molecule is CC(C(=O)NCCOC(N)=O)C1CNC1. The Labute approximate surface area is 88.5 Å². The van der Waals surface area contributed by atoms with E-state index in [9.17, 15) is 9.59 Å². The Bertz CT molecular complexity index is 241. The molecule has 0 aromatic carbocycles. The van der Waals surface area contributed by atoms with Gasteiger partial charge in [-0.2, -0.15) is 0 Å². The summed E-state index contributed by atoms with van der Waals surface area (Å²) in [6, 6.07) is 0. The number of hydrogen-bond donors (Lipinski definition) is 3. The lowest BCUT2D eigenvalue weighted by molar-refractivity contribution is -0.126. The number of carbonyl (C=O) groups is 2. The van der Waals surface area contributed by atoms with Gasteiger partial charge in [-0.25, -0.2) is 4.79 Å². The predicted molar refractivity (Wildman–Crippen MR) is 54.1 cm³/mol. The lowest BCUT2D eigenvalue weighted by atomic mass is 9.88. The Morgan fingerprint density at radius 2 is 2.27 bits per heavy atom. The van der Waals surface area contributed by atoms with Crippen LogP contribution in [0.1, 0.15) is 6.92 Å². The maximum atomic E-state index is 11.5. The van der Waals surface area contributed by atoms with Crippen molar-refractivity contribution in [1.29, 1.82) is 0 Å². The van der Waals surface area contributed by atoms with Crippen molar-refractivity contribution < 1.29 is 14.3 Å². The van der Waals surface area contributed by atoms with Crippen molar-refractivity contribution in [1.82, 2.24) is 10.6 Å². The minimum Gasteiger partial charge on any atom is -0.448 e. The molecule has 0 aromatic heterocycles. The molecule has 86 valence electrons. The summed E-state index contributed by atoms with van der Waals surface area (Å²) in [6.07, 6.45) is -0.819. The van der Waals surface area contributed by atoms with E-state index >= 15 is 0 Å². The lowest BCUT2D eigenvalue weighted by Crippen LogP contribution is -2.49. The number of nitrogens with two attached hydrogens (primary N) is 1. The molecular formula is C9H17N3O3. The summed E-state index contributed by atoms with van der Waals surface area (Å²) in [5, 5.41) is 5.80. The Hall–Kier alpha value is -1.30. The Kier molecular flexibility index (Phi) is 4.36. The van der Waals surface area contributed by atoms with Crippen LogP contribution in [-0.4, -0.2) is 38.2 Å². The van der Waals surface area contributed by atoms with Gasteiger partial charge in [0.2, 0.25) is 5.91 Å². The standard InChI is InChI=1S/C9H17N3O3/c1-6(7-4-11-5-7)8(13)12-2-3-15-9(10)14/h6-7,11H,2-5H2,1H3,(H2,10,14)(H,12,13). The molecule has 1 aliphatic rings. The average molecular weight is 215 g/mol. The molecule has 1 saturated heterocycles. The number of amides is 2. The second kappa shape index (κ2) is 5.55. The number of rotatable bonds is 5. The van der Waals surface area contributed by atoms with E-state index in [2.05, 4.69) is 15.4 Å². The van der Waals surface area contributed by atoms with Crippen LogP contribution in [0.25, 0.3) is 0 Å². The number of carbonyl (C=O) groups excluding carboxylic acids is 2. The van der Waals surface area contributed by atoms with Crippen molar-refractivity contribution >= 4 is 12.0 Å². The quantitative estimate of drug-likeness (QED) is 0.516. The molecular weight excluding hydrogens is 198 g/mol. The maximum Gasteiger partial charge on any atom is 0.404 e. The molecule has 15 heavy (non-hydrogen) atoms. The van der Waals surface area contributed by atoms with Gasteiger partial charge in [0.1, 0.15) is 6.61 Å². The van der Waals surface area contributed by atoms with E-state index in [0.29, 0.717) is 12.5 Å². The van der Waals surface area contributed by atoms with Crippen LogP contribution in [-0.2, 0) is 9.53 Å². The molecule has 0 saturated carbocycles. The summed E-state index contributed by atoms with van der Waals surface area (Å²) >= 11 is 0. The molecule has 0 bridgehead atoms. The highest BCUT2D eigenvalue weighted by Gasteiger charge is 2.28. The molecule has 0 radical (unpaired) electrons. The van der Waals surface area contributed by atoms with Crippen LogP contribution in [0.3, 0.4) is 0 Å². The number of nitrogens with one attached hydrogen (secondary N) is 2. The first-order valence-corrected chi connectivity index (χ1v) is 5.02. The van der Waals surface area contributed by atoms with Crippen molar-refractivity contribution in [2.75, 3.05) is 26.2 Å². The zero-order valence-electron chi connectivity index (χ0n) is 8.79. The van der Waals surface area contributed by atoms with Crippen LogP contribution in [0.5, 0.6) is 0 Å². The summed E-state index contributed by atoms with van der Waals surface area (Å²) in [7, 11) is 0. The Morgan fingerprint density at radius 1 is 1.60 bits per heavy atom. The zero-order valence-corrected chi connectivity index (χ0v) is 8.79. The summed E-state index contributed by atoms with van der Waals surface area (Å²) in [6.45, 7) is 4.12. The molecule has 1 heterocycles. The van der Waals surface area contributed by atoms with Crippen molar-refractivity contribution in [3.05, 3.63) is 0 Å². The fourth-order valence-electron chi connectivity index (χ4n) is 1.37. The third kappa shape index (κ3) is 3.75. The number of primary amides is 1. The third-order valence-electron chi connectivity index (χ3n) is 2.58. The summed E-state index contributed by atoms with van der Waals surface area (Å²) in [5.74, 6) is 0.413. The average Bonchev–Trinajstić information content (AvgIpc) is 2.08. The van der Waals surface area contributed by atoms with Crippen LogP contribution in [0.15, 0.2) is 0 Å². The molecule has 1 aliphatic heterocycles. The number of ether oxygens (including phenoxy) is 1. The van der Waals surface area contributed by atoms with Gasteiger partial charge < -0.3 is 21.1 Å². The molecule has 1 unspecified atom stereocenters. The molecule has 1 atom stereocenters. The van der Waals surface area contributed by atoms with Crippen LogP contribution in [0, 0.1) is 11.8 Å². The van der Waals surface area contributed by atoms with E-state index in [4.69, 9.17) is 5.73 Å². The van der Waals surface area contributed by atoms with Crippen LogP contribution < -0.4 is 16.4 Å². The van der Waals surface area contributed by atoms with E-state index < -0.39 is 6.09 Å². The molecule has 0 aromatic rings. The molecule has 0 aliphatic carbocycles. The van der Waals surface area contributed by atoms with E-state index in [1.165, 1.54) is 0 Å². The highest BCUT2D eigenvalue weighted by Crippen LogP contribution is 2.15. The van der Waals surface area contributed by atoms with E-state index in [1.54, 1.807) is 0 Å². The first-order chi connectivity index (χ1) is 7.11. The van der Waals surface area contributed by atoms with E-state index in [1.807, 2.05) is 6.92 Å². The van der Waals surface area contributed by atoms with Crippen molar-refractivity contribution in [2.24, 2.45) is 17.6 Å². The van der Waals surface area contributed by atoms with Gasteiger partial charge in [-0.15, -0.1) is 0 Å². The fraction of sp³-hybridized carbons (Fsp3) is 0.778. The monoisotopic (exact) mass is 215 g/mol. The summed E-state index contributed by atoms with van der Waals surface area (Å²) < 4.78 is 4.48. The molecule has 1 rings (SSSR count). The minimum absolute atomic E-state index is 0.000159. The first kappa shape index (κ1) is 11.8. The Morgan fingerprint density at radius 3 is 2.73 bits per heavy atom. The van der Waals surface area contributed by atoms with Crippen molar-refractivity contribution in [2.45, 2.75) is 6.92 Å². The largest absolute Gasteiger partial charge is 0.448 e. The zero-order chi connectivity index (χ0) is 11.3. The van der Waals surface area contributed by atoms with Gasteiger partial charge in [0.05, 0.1) is 6.54 Å². The normalized spacial score (nSPS) is 17.7. The van der Waals surface area contributed by atoms with Gasteiger partial charge in [0, 0.05) is 5.92 Å². The van der Waals surface area contributed by atoms with Crippen LogP contribution in [0.2, 0.25) is 0 Å². The second-order valence-corrected chi connectivity index (χ2v) is 3.67. The van der Waals surface area contributed by atoms with E-state index in [-0.39, 0.29) is 18.4 Å². The molecule has 6 nitrogen and oxygen atoms in total. The Balaban J connectivity index is 2.09. The molecule has 4 N–H and O–H groups in total. The third-order valence-corrected chi connectivity index (χ3v) is 2.58. The van der Waals surface area contributed by atoms with Crippen molar-refractivity contribution in [3.8, 4) is 0 Å².